The number of sulfonamides is 1. The molecule has 1 aliphatic heterocycles. The lowest BCUT2D eigenvalue weighted by molar-refractivity contribution is 0.101. The molecule has 0 aliphatic carbocycles. The number of Topliss-reactive ketones (excluding diaryl/α,β-unsaturated/α-hetero) is 1. The van der Waals surface area contributed by atoms with Crippen molar-refractivity contribution in [2.45, 2.75) is 24.7 Å². The number of benzene rings is 2. The van der Waals surface area contributed by atoms with Gasteiger partial charge in [0, 0.05) is 24.6 Å². The van der Waals surface area contributed by atoms with E-state index in [-0.39, 0.29) is 16.6 Å². The first-order valence-electron chi connectivity index (χ1n) is 8.76. The van der Waals surface area contributed by atoms with Crippen LogP contribution < -0.4 is 4.74 Å². The zero-order valence-corrected chi connectivity index (χ0v) is 15.6. The van der Waals surface area contributed by atoms with Crippen molar-refractivity contribution in [3.63, 3.8) is 0 Å². The zero-order chi connectivity index (χ0) is 18.6. The molecule has 1 fully saturated rings. The van der Waals surface area contributed by atoms with E-state index in [1.165, 1.54) is 23.4 Å². The number of hydrogen-bond acceptors (Lipinski definition) is 4. The van der Waals surface area contributed by atoms with Gasteiger partial charge >= 0.3 is 0 Å². The smallest absolute Gasteiger partial charge is 0.243 e. The fourth-order valence-corrected chi connectivity index (χ4v) is 4.68. The van der Waals surface area contributed by atoms with Crippen LogP contribution in [0.2, 0.25) is 0 Å². The van der Waals surface area contributed by atoms with Gasteiger partial charge < -0.3 is 4.74 Å². The van der Waals surface area contributed by atoms with E-state index < -0.39 is 10.0 Å². The number of para-hydroxylation sites is 1. The Kier molecular flexibility index (Phi) is 5.74. The topological polar surface area (TPSA) is 63.7 Å². The van der Waals surface area contributed by atoms with E-state index >= 15 is 0 Å². The van der Waals surface area contributed by atoms with Crippen LogP contribution >= 0.6 is 0 Å². The third kappa shape index (κ3) is 4.31. The molecule has 0 spiro atoms. The summed E-state index contributed by atoms with van der Waals surface area (Å²) in [5.41, 5.74) is 0.511. The SMILES string of the molecule is CC(=O)c1ccc(S(=O)(=O)N2CCCC(COc3ccccc3)C2)cc1. The molecule has 5 nitrogen and oxygen atoms in total. The molecular weight excluding hydrogens is 350 g/mol. The number of carbonyl (C=O) groups is 1. The maximum atomic E-state index is 12.9. The van der Waals surface area contributed by atoms with E-state index in [1.807, 2.05) is 30.3 Å². The Morgan fingerprint density at radius 2 is 1.81 bits per heavy atom. The lowest BCUT2D eigenvalue weighted by atomic mass is 10.0. The van der Waals surface area contributed by atoms with E-state index in [2.05, 4.69) is 0 Å². The summed E-state index contributed by atoms with van der Waals surface area (Å²) in [5.74, 6) is 0.882. The fourth-order valence-electron chi connectivity index (χ4n) is 3.12. The van der Waals surface area contributed by atoms with Gasteiger partial charge in [0.1, 0.15) is 5.75 Å². The van der Waals surface area contributed by atoms with Crippen molar-refractivity contribution < 1.29 is 17.9 Å². The van der Waals surface area contributed by atoms with Gasteiger partial charge in [0.25, 0.3) is 0 Å². The summed E-state index contributed by atoms with van der Waals surface area (Å²) >= 11 is 0. The van der Waals surface area contributed by atoms with Crippen LogP contribution in [0, 0.1) is 5.92 Å². The standard InChI is InChI=1S/C20H23NO4S/c1-16(22)18-9-11-20(12-10-18)26(23,24)21-13-5-6-17(14-21)15-25-19-7-3-2-4-8-19/h2-4,7-12,17H,5-6,13-15H2,1H3. The minimum absolute atomic E-state index is 0.0787. The van der Waals surface area contributed by atoms with E-state index in [4.69, 9.17) is 4.74 Å². The van der Waals surface area contributed by atoms with Gasteiger partial charge in [0.15, 0.2) is 5.78 Å². The van der Waals surface area contributed by atoms with E-state index in [0.717, 1.165) is 18.6 Å². The lowest BCUT2D eigenvalue weighted by Gasteiger charge is -2.31. The first-order valence-corrected chi connectivity index (χ1v) is 10.2. The molecular formula is C20H23NO4S. The monoisotopic (exact) mass is 373 g/mol. The molecule has 2 aromatic carbocycles. The number of nitrogens with zero attached hydrogens (tertiary/aromatic N) is 1. The molecule has 2 aromatic rings. The molecule has 1 unspecified atom stereocenters. The molecule has 0 N–H and O–H groups in total. The van der Waals surface area contributed by atoms with Crippen LogP contribution in [0.15, 0.2) is 59.5 Å². The summed E-state index contributed by atoms with van der Waals surface area (Å²) in [6, 6.07) is 15.7. The molecule has 1 saturated heterocycles. The summed E-state index contributed by atoms with van der Waals surface area (Å²) in [4.78, 5) is 11.6. The largest absolute Gasteiger partial charge is 0.493 e. The van der Waals surface area contributed by atoms with E-state index in [1.54, 1.807) is 12.1 Å². The first-order chi connectivity index (χ1) is 12.5. The van der Waals surface area contributed by atoms with Crippen molar-refractivity contribution >= 4 is 15.8 Å². The quantitative estimate of drug-likeness (QED) is 0.728. The summed E-state index contributed by atoms with van der Waals surface area (Å²) in [6.45, 7) is 2.92. The van der Waals surface area contributed by atoms with Crippen molar-refractivity contribution in [3.05, 3.63) is 60.2 Å². The van der Waals surface area contributed by atoms with Gasteiger partial charge in [-0.25, -0.2) is 8.42 Å². The molecule has 138 valence electrons. The highest BCUT2D eigenvalue weighted by Gasteiger charge is 2.30. The normalized spacial score (nSPS) is 18.4. The number of piperidine rings is 1. The van der Waals surface area contributed by atoms with Crippen LogP contribution in [0.5, 0.6) is 5.75 Å². The number of carbonyl (C=O) groups excluding carboxylic acids is 1. The van der Waals surface area contributed by atoms with Crippen LogP contribution in [0.25, 0.3) is 0 Å². The predicted octanol–water partition coefficient (Wildman–Crippen LogP) is 3.37. The third-order valence-electron chi connectivity index (χ3n) is 4.61. The van der Waals surface area contributed by atoms with Crippen molar-refractivity contribution in [3.8, 4) is 5.75 Å². The van der Waals surface area contributed by atoms with Crippen LogP contribution in [-0.4, -0.2) is 38.2 Å². The average Bonchev–Trinajstić information content (AvgIpc) is 2.67. The van der Waals surface area contributed by atoms with Crippen molar-refractivity contribution in [2.24, 2.45) is 5.92 Å². The predicted molar refractivity (Wildman–Crippen MR) is 99.9 cm³/mol. The second kappa shape index (κ2) is 8.01. The highest BCUT2D eigenvalue weighted by molar-refractivity contribution is 7.89. The second-order valence-corrected chi connectivity index (χ2v) is 8.51. The molecule has 0 radical (unpaired) electrons. The summed E-state index contributed by atoms with van der Waals surface area (Å²) < 4.78 is 33.1. The van der Waals surface area contributed by atoms with Gasteiger partial charge in [-0.05, 0) is 44.0 Å². The zero-order valence-electron chi connectivity index (χ0n) is 14.8. The first kappa shape index (κ1) is 18.6. The number of rotatable bonds is 6. The Balaban J connectivity index is 1.66. The second-order valence-electron chi connectivity index (χ2n) is 6.58. The van der Waals surface area contributed by atoms with Crippen LogP contribution in [0.1, 0.15) is 30.1 Å². The Labute approximate surface area is 154 Å². The van der Waals surface area contributed by atoms with Crippen LogP contribution in [0.4, 0.5) is 0 Å². The van der Waals surface area contributed by atoms with Gasteiger partial charge in [-0.2, -0.15) is 4.31 Å². The highest BCUT2D eigenvalue weighted by Crippen LogP contribution is 2.25. The molecule has 0 aromatic heterocycles. The third-order valence-corrected chi connectivity index (χ3v) is 6.49. The van der Waals surface area contributed by atoms with Crippen molar-refractivity contribution in [2.75, 3.05) is 19.7 Å². The maximum Gasteiger partial charge on any atom is 0.243 e. The molecule has 26 heavy (non-hydrogen) atoms. The molecule has 1 atom stereocenters. The Bertz CT molecular complexity index is 847. The van der Waals surface area contributed by atoms with Gasteiger partial charge in [0.2, 0.25) is 10.0 Å². The van der Waals surface area contributed by atoms with Gasteiger partial charge in [-0.1, -0.05) is 30.3 Å². The van der Waals surface area contributed by atoms with E-state index in [0.29, 0.717) is 25.3 Å². The van der Waals surface area contributed by atoms with Gasteiger partial charge in [-0.15, -0.1) is 0 Å². The van der Waals surface area contributed by atoms with Crippen LogP contribution in [0.3, 0.4) is 0 Å². The average molecular weight is 373 g/mol. The minimum atomic E-state index is -3.55. The molecule has 1 aliphatic rings. The highest BCUT2D eigenvalue weighted by atomic mass is 32.2. The Morgan fingerprint density at radius 1 is 1.12 bits per heavy atom. The molecule has 0 saturated carbocycles. The number of hydrogen-bond donors (Lipinski definition) is 0. The Morgan fingerprint density at radius 3 is 2.46 bits per heavy atom. The molecule has 1 heterocycles. The number of ketones is 1. The number of ether oxygens (including phenoxy) is 1. The van der Waals surface area contributed by atoms with Crippen molar-refractivity contribution in [1.29, 1.82) is 0 Å². The summed E-state index contributed by atoms with van der Waals surface area (Å²) in [7, 11) is -3.55. The van der Waals surface area contributed by atoms with Crippen LogP contribution in [-0.2, 0) is 10.0 Å². The molecule has 6 heteroatoms. The van der Waals surface area contributed by atoms with Gasteiger partial charge in [0.05, 0.1) is 11.5 Å². The van der Waals surface area contributed by atoms with E-state index in [9.17, 15) is 13.2 Å². The molecule has 0 amide bonds. The molecule has 0 bridgehead atoms. The fraction of sp³-hybridized carbons (Fsp3) is 0.350. The summed E-state index contributed by atoms with van der Waals surface area (Å²) in [5, 5.41) is 0. The van der Waals surface area contributed by atoms with Gasteiger partial charge in [-0.3, -0.25) is 4.79 Å². The lowest BCUT2D eigenvalue weighted by Crippen LogP contribution is -2.41. The minimum Gasteiger partial charge on any atom is -0.493 e. The van der Waals surface area contributed by atoms with Crippen molar-refractivity contribution in [1.82, 2.24) is 4.31 Å². The maximum absolute atomic E-state index is 12.9. The molecule has 3 rings (SSSR count). The Hall–Kier alpha value is -2.18. The summed E-state index contributed by atoms with van der Waals surface area (Å²) in [6.07, 6.45) is 1.76.